The maximum atomic E-state index is 2.27. The zero-order chi connectivity index (χ0) is 9.23. The Morgan fingerprint density at radius 3 is 0.909 bits per heavy atom. The van der Waals surface area contributed by atoms with Crippen molar-refractivity contribution in [1.29, 1.82) is 0 Å². The van der Waals surface area contributed by atoms with Crippen LogP contribution in [-0.2, 0) is 0 Å². The second-order valence-corrected chi connectivity index (χ2v) is 6.47. The van der Waals surface area contributed by atoms with Gasteiger partial charge in [-0.1, -0.05) is 0 Å². The Balaban J connectivity index is 4.53. The van der Waals surface area contributed by atoms with Crippen LogP contribution in [0.3, 0.4) is 0 Å². The summed E-state index contributed by atoms with van der Waals surface area (Å²) in [7, 11) is 12.8. The van der Waals surface area contributed by atoms with Crippen molar-refractivity contribution in [2.24, 2.45) is 0 Å². The third kappa shape index (κ3) is 2.18. The van der Waals surface area contributed by atoms with Crippen LogP contribution in [0.5, 0.6) is 0 Å². The maximum absolute atomic E-state index is 2.27. The van der Waals surface area contributed by atoms with E-state index in [1.54, 1.807) is 0 Å². The van der Waals surface area contributed by atoms with Gasteiger partial charge in [0.05, 0.1) is 0 Å². The predicted octanol–water partition coefficient (Wildman–Crippen LogP) is -1.35. The fraction of sp³-hybridized carbons (Fsp3) is 1.00. The molecule has 0 bridgehead atoms. The fourth-order valence-electron chi connectivity index (χ4n) is 1.20. The summed E-state index contributed by atoms with van der Waals surface area (Å²) in [5.74, 6) is 0. The number of rotatable bonds is 3. The predicted molar refractivity (Wildman–Crippen MR) is 53.7 cm³/mol. The average molecular weight is 220 g/mol. The van der Waals surface area contributed by atoms with E-state index in [1.165, 1.54) is 0 Å². The monoisotopic (exact) mass is 221 g/mol. The summed E-state index contributed by atoms with van der Waals surface area (Å²) in [6, 6.07) is 0. The van der Waals surface area contributed by atoms with Crippen LogP contribution in [0.1, 0.15) is 0 Å². The van der Waals surface area contributed by atoms with E-state index in [2.05, 4.69) is 57.0 Å². The molecular formula is C7H21GeN3. The molecule has 0 atom stereocenters. The molecule has 68 valence electrons. The topological polar surface area (TPSA) is 9.72 Å². The molecule has 0 aromatic heterocycles. The Labute approximate surface area is 78.6 Å². The molecule has 0 radical (unpaired) electrons. The van der Waals surface area contributed by atoms with Crippen LogP contribution >= 0.6 is 0 Å². The number of nitrogens with zero attached hydrogens (tertiary/aromatic N) is 3. The third-order valence-electron chi connectivity index (χ3n) is 2.54. The summed E-state index contributed by atoms with van der Waals surface area (Å²) < 4.78 is 0.188. The van der Waals surface area contributed by atoms with E-state index in [-0.39, 0.29) is 4.62 Å². The molecule has 11 heavy (non-hydrogen) atoms. The van der Waals surface area contributed by atoms with Crippen LogP contribution in [-0.4, -0.2) is 78.1 Å². The van der Waals surface area contributed by atoms with Gasteiger partial charge in [-0.05, 0) is 0 Å². The summed E-state index contributed by atoms with van der Waals surface area (Å²) in [6.45, 7) is 0. The molecule has 0 unspecified atom stereocenters. The molecule has 0 N–H and O–H groups in total. The van der Waals surface area contributed by atoms with E-state index in [0.717, 1.165) is 16.5 Å². The van der Waals surface area contributed by atoms with Crippen molar-refractivity contribution in [1.82, 2.24) is 14.7 Å². The van der Waals surface area contributed by atoms with Crippen molar-refractivity contribution in [3.8, 4) is 0 Å². The SMILES string of the molecule is CN(C)[C]([GeH3])(N(C)C)N(C)C. The minimum atomic E-state index is 0.188. The van der Waals surface area contributed by atoms with Crippen LogP contribution in [0.4, 0.5) is 0 Å². The number of hydrogen-bond donors (Lipinski definition) is 0. The molecule has 0 aromatic rings. The molecule has 0 fully saturated rings. The molecule has 0 heterocycles. The molecule has 0 aliphatic carbocycles. The second-order valence-electron chi connectivity index (χ2n) is 3.65. The van der Waals surface area contributed by atoms with Crippen LogP contribution < -0.4 is 0 Å². The van der Waals surface area contributed by atoms with Gasteiger partial charge in [0.25, 0.3) is 0 Å². The van der Waals surface area contributed by atoms with Crippen LogP contribution in [0.2, 0.25) is 0 Å². The zero-order valence-corrected chi connectivity index (χ0v) is 13.0. The molecule has 4 heteroatoms. The fourth-order valence-corrected chi connectivity index (χ4v) is 1.20. The Bertz CT molecular complexity index is 101. The van der Waals surface area contributed by atoms with Gasteiger partial charge in [-0.15, -0.1) is 0 Å². The number of hydrogen-bond acceptors (Lipinski definition) is 3. The van der Waals surface area contributed by atoms with Crippen LogP contribution in [0, 0.1) is 0 Å². The summed E-state index contributed by atoms with van der Waals surface area (Å²) in [6.07, 6.45) is 0. The quantitative estimate of drug-likeness (QED) is 0.430. The molecule has 0 aromatic carbocycles. The molecular weight excluding hydrogens is 199 g/mol. The Kier molecular flexibility index (Phi) is 4.04. The van der Waals surface area contributed by atoms with Crippen molar-refractivity contribution < 1.29 is 0 Å². The third-order valence-corrected chi connectivity index (χ3v) is 8.17. The molecule has 0 amide bonds. The van der Waals surface area contributed by atoms with Gasteiger partial charge in [0.1, 0.15) is 0 Å². The van der Waals surface area contributed by atoms with E-state index < -0.39 is 0 Å². The van der Waals surface area contributed by atoms with Gasteiger partial charge in [0.2, 0.25) is 0 Å². The van der Waals surface area contributed by atoms with Crippen molar-refractivity contribution in [3.63, 3.8) is 0 Å². The Morgan fingerprint density at radius 1 is 0.727 bits per heavy atom. The van der Waals surface area contributed by atoms with E-state index in [4.69, 9.17) is 0 Å². The van der Waals surface area contributed by atoms with Gasteiger partial charge < -0.3 is 0 Å². The van der Waals surface area contributed by atoms with Gasteiger partial charge in [-0.3, -0.25) is 0 Å². The van der Waals surface area contributed by atoms with Crippen LogP contribution in [0.25, 0.3) is 0 Å². The van der Waals surface area contributed by atoms with E-state index in [1.807, 2.05) is 0 Å². The summed E-state index contributed by atoms with van der Waals surface area (Å²) in [5, 5.41) is 0. The van der Waals surface area contributed by atoms with Crippen LogP contribution in [0.15, 0.2) is 0 Å². The average Bonchev–Trinajstić information content (AvgIpc) is 1.84. The van der Waals surface area contributed by atoms with Crippen molar-refractivity contribution >= 4 is 16.5 Å². The molecule has 0 rings (SSSR count). The second kappa shape index (κ2) is 3.89. The molecule has 0 aliphatic heterocycles. The minimum absolute atomic E-state index is 0.188. The van der Waals surface area contributed by atoms with Gasteiger partial charge in [-0.2, -0.15) is 0 Å². The molecule has 0 saturated heterocycles. The summed E-state index contributed by atoms with van der Waals surface area (Å²) >= 11 is 0.719. The molecule has 0 saturated carbocycles. The molecule has 0 aliphatic rings. The van der Waals surface area contributed by atoms with Crippen molar-refractivity contribution in [3.05, 3.63) is 0 Å². The first-order chi connectivity index (χ1) is 4.83. The van der Waals surface area contributed by atoms with Gasteiger partial charge in [0, 0.05) is 0 Å². The Morgan fingerprint density at radius 2 is 0.909 bits per heavy atom. The first kappa shape index (κ1) is 11.4. The van der Waals surface area contributed by atoms with Gasteiger partial charge in [-0.25, -0.2) is 0 Å². The first-order valence-electron chi connectivity index (χ1n) is 3.85. The summed E-state index contributed by atoms with van der Waals surface area (Å²) in [4.78, 5) is 6.81. The molecule has 3 nitrogen and oxygen atoms in total. The zero-order valence-electron chi connectivity index (χ0n) is 8.84. The standard InChI is InChI=1S/C7H21GeN3/c1-9(2)7(8,10(3)4)11(5)6/h1-6,8H3. The van der Waals surface area contributed by atoms with Crippen molar-refractivity contribution in [2.45, 2.75) is 4.62 Å². The van der Waals surface area contributed by atoms with Gasteiger partial charge in [0.15, 0.2) is 0 Å². The van der Waals surface area contributed by atoms with E-state index in [9.17, 15) is 0 Å². The molecule has 0 spiro atoms. The normalized spacial score (nSPS) is 13.9. The van der Waals surface area contributed by atoms with Gasteiger partial charge >= 0.3 is 78.1 Å². The van der Waals surface area contributed by atoms with Crippen molar-refractivity contribution in [2.75, 3.05) is 42.3 Å². The summed E-state index contributed by atoms with van der Waals surface area (Å²) in [5.41, 5.74) is 0. The first-order valence-corrected chi connectivity index (χ1v) is 5.95. The van der Waals surface area contributed by atoms with E-state index >= 15 is 0 Å². The van der Waals surface area contributed by atoms with E-state index in [0.29, 0.717) is 0 Å². The Hall–Kier alpha value is 0.423.